The molecule has 24 heavy (non-hydrogen) atoms. The number of carbonyl (C=O) groups is 3. The molecule has 1 aromatic heterocycles. The highest BCUT2D eigenvalue weighted by atomic mass is 16.2. The summed E-state index contributed by atoms with van der Waals surface area (Å²) in [6.07, 6.45) is 1.94. The molecular weight excluding hydrogens is 310 g/mol. The topological polar surface area (TPSA) is 116 Å². The number of hydrogen-bond donors (Lipinski definition) is 4. The number of aromatic nitrogens is 2. The van der Waals surface area contributed by atoms with Crippen molar-refractivity contribution in [2.45, 2.75) is 0 Å². The molecule has 4 N–H and O–H groups in total. The minimum absolute atomic E-state index is 0.303. The molecule has 8 nitrogen and oxygen atoms in total. The Hall–Kier alpha value is -3.68. The number of nitrogens with zero attached hydrogens (tertiary/aromatic N) is 1. The Labute approximate surface area is 136 Å². The number of aromatic amines is 1. The van der Waals surface area contributed by atoms with Gasteiger partial charge in [-0.3, -0.25) is 25.2 Å². The minimum Gasteiger partial charge on any atom is -0.345 e. The summed E-state index contributed by atoms with van der Waals surface area (Å²) in [5, 5.41) is 2.77. The van der Waals surface area contributed by atoms with E-state index in [0.717, 1.165) is 11.0 Å². The molecule has 0 saturated carbocycles. The van der Waals surface area contributed by atoms with Crippen molar-refractivity contribution in [1.82, 2.24) is 20.8 Å². The van der Waals surface area contributed by atoms with Crippen molar-refractivity contribution in [3.8, 4) is 0 Å². The second-order valence-corrected chi connectivity index (χ2v) is 4.88. The predicted octanol–water partition coefficient (Wildman–Crippen LogP) is 1.21. The van der Waals surface area contributed by atoms with E-state index >= 15 is 0 Å². The summed E-state index contributed by atoms with van der Waals surface area (Å²) in [7, 11) is 0. The van der Waals surface area contributed by atoms with E-state index in [4.69, 9.17) is 0 Å². The fourth-order valence-electron chi connectivity index (χ4n) is 2.15. The molecule has 3 rings (SSSR count). The van der Waals surface area contributed by atoms with Gasteiger partial charge in [0.05, 0.1) is 17.4 Å². The summed E-state index contributed by atoms with van der Waals surface area (Å²) >= 11 is 0. The number of hydrazine groups is 1. The predicted molar refractivity (Wildman–Crippen MR) is 87.2 cm³/mol. The van der Waals surface area contributed by atoms with E-state index in [2.05, 4.69) is 26.1 Å². The van der Waals surface area contributed by atoms with Crippen molar-refractivity contribution >= 4 is 34.9 Å². The zero-order valence-corrected chi connectivity index (χ0v) is 12.4. The maximum Gasteiger partial charge on any atom is 0.269 e. The van der Waals surface area contributed by atoms with Gasteiger partial charge >= 0.3 is 0 Å². The number of amides is 3. The van der Waals surface area contributed by atoms with Gasteiger partial charge in [-0.1, -0.05) is 0 Å². The Balaban J connectivity index is 1.70. The molecule has 0 radical (unpaired) electrons. The molecule has 3 aromatic rings. The normalized spacial score (nSPS) is 10.2. The minimum atomic E-state index is -0.474. The van der Waals surface area contributed by atoms with E-state index in [9.17, 15) is 14.4 Å². The van der Waals surface area contributed by atoms with Crippen LogP contribution in [0.15, 0.2) is 48.8 Å². The Bertz CT molecular complexity index is 901. The standard InChI is InChI=1S/C16H13N5O3/c22-9-19-21-16(24)11-3-1-10(2-4-11)15(23)20-12-5-6-13-14(7-12)18-8-17-13/h1-9H,(H,17,18)(H,19,22)(H,20,23)(H,21,24). The van der Waals surface area contributed by atoms with Crippen LogP contribution in [0.2, 0.25) is 0 Å². The van der Waals surface area contributed by atoms with Crippen LogP contribution in [0.25, 0.3) is 11.0 Å². The summed E-state index contributed by atoms with van der Waals surface area (Å²) < 4.78 is 0. The molecule has 3 amide bonds. The summed E-state index contributed by atoms with van der Waals surface area (Å²) in [6.45, 7) is 0. The Morgan fingerprint density at radius 3 is 2.42 bits per heavy atom. The first-order chi connectivity index (χ1) is 11.7. The highest BCUT2D eigenvalue weighted by molar-refractivity contribution is 6.05. The van der Waals surface area contributed by atoms with E-state index in [1.165, 1.54) is 24.3 Å². The number of imidazole rings is 1. The van der Waals surface area contributed by atoms with E-state index in [0.29, 0.717) is 23.2 Å². The quantitative estimate of drug-likeness (QED) is 0.417. The summed E-state index contributed by atoms with van der Waals surface area (Å²) in [4.78, 5) is 41.1. The van der Waals surface area contributed by atoms with Crippen molar-refractivity contribution in [3.05, 3.63) is 59.9 Å². The third-order valence-electron chi connectivity index (χ3n) is 3.33. The van der Waals surface area contributed by atoms with Gasteiger partial charge in [-0.15, -0.1) is 0 Å². The molecule has 0 atom stereocenters. The van der Waals surface area contributed by atoms with Gasteiger partial charge < -0.3 is 10.3 Å². The number of hydrogen-bond acceptors (Lipinski definition) is 4. The zero-order chi connectivity index (χ0) is 16.9. The number of H-pyrrole nitrogens is 1. The highest BCUT2D eigenvalue weighted by Gasteiger charge is 2.09. The molecule has 8 heteroatoms. The highest BCUT2D eigenvalue weighted by Crippen LogP contribution is 2.16. The lowest BCUT2D eigenvalue weighted by atomic mass is 10.1. The number of carbonyl (C=O) groups excluding carboxylic acids is 3. The smallest absolute Gasteiger partial charge is 0.269 e. The molecule has 0 spiro atoms. The summed E-state index contributed by atoms with van der Waals surface area (Å²) in [5.41, 5.74) is 7.22. The van der Waals surface area contributed by atoms with Crippen molar-refractivity contribution in [3.63, 3.8) is 0 Å². The van der Waals surface area contributed by atoms with E-state index in [1.54, 1.807) is 18.5 Å². The molecule has 0 fully saturated rings. The molecule has 0 bridgehead atoms. The van der Waals surface area contributed by atoms with Crippen LogP contribution in [0.1, 0.15) is 20.7 Å². The van der Waals surface area contributed by atoms with Gasteiger partial charge in [0, 0.05) is 16.8 Å². The average molecular weight is 323 g/mol. The molecule has 0 aliphatic rings. The fourth-order valence-corrected chi connectivity index (χ4v) is 2.15. The lowest BCUT2D eigenvalue weighted by molar-refractivity contribution is -0.110. The number of anilines is 1. The Kier molecular flexibility index (Phi) is 4.19. The third kappa shape index (κ3) is 3.22. The largest absolute Gasteiger partial charge is 0.345 e. The Morgan fingerprint density at radius 1 is 1.00 bits per heavy atom. The number of fused-ring (bicyclic) bond motifs is 1. The van der Waals surface area contributed by atoms with Crippen LogP contribution in [-0.2, 0) is 4.79 Å². The molecule has 1 heterocycles. The average Bonchev–Trinajstić information content (AvgIpc) is 3.07. The van der Waals surface area contributed by atoms with Gasteiger partial charge in [0.15, 0.2) is 0 Å². The van der Waals surface area contributed by atoms with Crippen LogP contribution in [0.4, 0.5) is 5.69 Å². The van der Waals surface area contributed by atoms with Crippen molar-refractivity contribution in [1.29, 1.82) is 0 Å². The second-order valence-electron chi connectivity index (χ2n) is 4.88. The zero-order valence-electron chi connectivity index (χ0n) is 12.4. The SMILES string of the molecule is O=CNNC(=O)c1ccc(C(=O)Nc2ccc3[nH]cnc3c2)cc1. The molecule has 2 aromatic carbocycles. The lowest BCUT2D eigenvalue weighted by Crippen LogP contribution is -2.36. The van der Waals surface area contributed by atoms with Gasteiger partial charge in [-0.25, -0.2) is 4.98 Å². The second kappa shape index (κ2) is 6.61. The molecular formula is C16H13N5O3. The van der Waals surface area contributed by atoms with Gasteiger partial charge in [-0.05, 0) is 42.5 Å². The summed E-state index contributed by atoms with van der Waals surface area (Å²) in [6, 6.07) is 11.4. The van der Waals surface area contributed by atoms with Gasteiger partial charge in [0.2, 0.25) is 6.41 Å². The van der Waals surface area contributed by atoms with Crippen LogP contribution in [0.5, 0.6) is 0 Å². The van der Waals surface area contributed by atoms with Crippen molar-refractivity contribution in [2.75, 3.05) is 5.32 Å². The van der Waals surface area contributed by atoms with Gasteiger partial charge in [-0.2, -0.15) is 0 Å². The maximum atomic E-state index is 12.2. The molecule has 120 valence electrons. The van der Waals surface area contributed by atoms with Crippen molar-refractivity contribution in [2.24, 2.45) is 0 Å². The summed E-state index contributed by atoms with van der Waals surface area (Å²) in [5.74, 6) is -0.777. The van der Waals surface area contributed by atoms with Gasteiger partial charge in [0.1, 0.15) is 0 Å². The van der Waals surface area contributed by atoms with Crippen molar-refractivity contribution < 1.29 is 14.4 Å². The molecule has 0 unspecified atom stereocenters. The number of nitrogens with one attached hydrogen (secondary N) is 4. The number of rotatable bonds is 5. The van der Waals surface area contributed by atoms with Crippen LogP contribution in [0, 0.1) is 0 Å². The first-order valence-electron chi connectivity index (χ1n) is 7.01. The van der Waals surface area contributed by atoms with Crippen LogP contribution >= 0.6 is 0 Å². The van der Waals surface area contributed by atoms with Crippen LogP contribution in [-0.4, -0.2) is 28.2 Å². The van der Waals surface area contributed by atoms with Crippen LogP contribution < -0.4 is 16.2 Å². The fraction of sp³-hybridized carbons (Fsp3) is 0. The molecule has 0 saturated heterocycles. The first kappa shape index (κ1) is 15.2. The maximum absolute atomic E-state index is 12.2. The Morgan fingerprint density at radius 2 is 1.71 bits per heavy atom. The van der Waals surface area contributed by atoms with E-state index in [-0.39, 0.29) is 5.91 Å². The van der Waals surface area contributed by atoms with Gasteiger partial charge in [0.25, 0.3) is 11.8 Å². The van der Waals surface area contributed by atoms with Crippen LogP contribution in [0.3, 0.4) is 0 Å². The van der Waals surface area contributed by atoms with E-state index in [1.807, 2.05) is 6.07 Å². The monoisotopic (exact) mass is 323 g/mol. The lowest BCUT2D eigenvalue weighted by Gasteiger charge is -2.07. The first-order valence-corrected chi connectivity index (χ1v) is 7.01. The number of benzene rings is 2. The molecule has 0 aliphatic carbocycles. The molecule has 0 aliphatic heterocycles. The third-order valence-corrected chi connectivity index (χ3v) is 3.33. The van der Waals surface area contributed by atoms with E-state index < -0.39 is 5.91 Å².